The molecule has 0 fully saturated rings. The molecule has 0 aromatic heterocycles. The fraction of sp³-hybridized carbons (Fsp3) is 0.500. The highest BCUT2D eigenvalue weighted by molar-refractivity contribution is 14.0. The average Bonchev–Trinajstić information content (AvgIpc) is 2.54. The van der Waals surface area contributed by atoms with Gasteiger partial charge in [-0.2, -0.15) is 0 Å². The lowest BCUT2D eigenvalue weighted by Crippen LogP contribution is -2.41. The van der Waals surface area contributed by atoms with Gasteiger partial charge in [0.2, 0.25) is 0 Å². The number of benzene rings is 1. The molecule has 0 spiro atoms. The molecule has 0 saturated heterocycles. The van der Waals surface area contributed by atoms with Crippen LogP contribution in [-0.4, -0.2) is 39.2 Å². The van der Waals surface area contributed by atoms with Crippen LogP contribution >= 0.6 is 47.2 Å². The minimum absolute atomic E-state index is 0. The first-order chi connectivity index (χ1) is 11.0. The Labute approximate surface area is 170 Å². The first-order valence-corrected chi connectivity index (χ1v) is 8.19. The van der Waals surface area contributed by atoms with Crippen LogP contribution in [0.3, 0.4) is 0 Å². The van der Waals surface area contributed by atoms with Gasteiger partial charge in [-0.25, -0.2) is 0 Å². The Balaban J connectivity index is 0.00000529. The molecule has 0 aliphatic carbocycles. The number of carbonyl (C=O) groups is 1. The van der Waals surface area contributed by atoms with Crippen LogP contribution in [0, 0.1) is 5.92 Å². The number of hydrogen-bond donors (Lipinski definition) is 2. The molecule has 136 valence electrons. The average molecular weight is 488 g/mol. The summed E-state index contributed by atoms with van der Waals surface area (Å²) < 4.78 is 4.68. The summed E-state index contributed by atoms with van der Waals surface area (Å²) in [5.41, 5.74) is 1.07. The number of halogens is 3. The molecule has 1 aromatic rings. The highest BCUT2D eigenvalue weighted by atomic mass is 127. The maximum atomic E-state index is 11.3. The summed E-state index contributed by atoms with van der Waals surface area (Å²) in [5.74, 6) is 0.180. The van der Waals surface area contributed by atoms with Crippen molar-refractivity contribution >= 4 is 59.1 Å². The molecular weight excluding hydrogens is 464 g/mol. The first-order valence-electron chi connectivity index (χ1n) is 7.44. The molecule has 0 bridgehead atoms. The fourth-order valence-corrected chi connectivity index (χ4v) is 2.47. The number of aryl methyl sites for hydroxylation is 1. The number of hydrogen-bond acceptors (Lipinski definition) is 3. The van der Waals surface area contributed by atoms with Crippen LogP contribution in [0.5, 0.6) is 0 Å². The van der Waals surface area contributed by atoms with E-state index in [9.17, 15) is 4.79 Å². The minimum Gasteiger partial charge on any atom is -0.469 e. The molecule has 24 heavy (non-hydrogen) atoms. The van der Waals surface area contributed by atoms with E-state index < -0.39 is 0 Å². The van der Waals surface area contributed by atoms with Crippen molar-refractivity contribution in [3.05, 3.63) is 33.8 Å². The molecule has 2 N–H and O–H groups in total. The quantitative estimate of drug-likeness (QED) is 0.203. The Bertz CT molecular complexity index is 556. The highest BCUT2D eigenvalue weighted by Gasteiger charge is 2.13. The van der Waals surface area contributed by atoms with Gasteiger partial charge < -0.3 is 15.4 Å². The van der Waals surface area contributed by atoms with Crippen molar-refractivity contribution in [3.8, 4) is 0 Å². The number of methoxy groups -OCH3 is 1. The predicted molar refractivity (Wildman–Crippen MR) is 111 cm³/mol. The molecule has 0 heterocycles. The summed E-state index contributed by atoms with van der Waals surface area (Å²) in [7, 11) is 3.07. The second-order valence-corrected chi connectivity index (χ2v) is 5.99. The van der Waals surface area contributed by atoms with Gasteiger partial charge in [0.25, 0.3) is 0 Å². The Morgan fingerprint density at radius 1 is 1.33 bits per heavy atom. The van der Waals surface area contributed by atoms with Gasteiger partial charge in [0, 0.05) is 30.2 Å². The van der Waals surface area contributed by atoms with Gasteiger partial charge in [0.1, 0.15) is 0 Å². The lowest BCUT2D eigenvalue weighted by molar-refractivity contribution is -0.144. The second kappa shape index (κ2) is 12.6. The lowest BCUT2D eigenvalue weighted by Gasteiger charge is -2.14. The second-order valence-electron chi connectivity index (χ2n) is 5.14. The normalized spacial score (nSPS) is 12.1. The van der Waals surface area contributed by atoms with Crippen LogP contribution in [0.15, 0.2) is 23.2 Å². The van der Waals surface area contributed by atoms with E-state index in [-0.39, 0.29) is 35.9 Å². The van der Waals surface area contributed by atoms with Gasteiger partial charge >= 0.3 is 5.97 Å². The number of carbonyl (C=O) groups excluding carboxylic acids is 1. The third-order valence-electron chi connectivity index (χ3n) is 3.33. The number of nitrogens with zero attached hydrogens (tertiary/aromatic N) is 1. The van der Waals surface area contributed by atoms with E-state index in [0.717, 1.165) is 24.9 Å². The Kier molecular flexibility index (Phi) is 12.2. The molecule has 0 aliphatic heterocycles. The number of aliphatic imine (C=N–C) groups is 1. The third-order valence-corrected chi connectivity index (χ3v) is 3.92. The number of nitrogens with one attached hydrogen (secondary N) is 2. The first kappa shape index (κ1) is 23.3. The summed E-state index contributed by atoms with van der Waals surface area (Å²) in [6.45, 7) is 3.01. The zero-order chi connectivity index (χ0) is 17.2. The summed E-state index contributed by atoms with van der Waals surface area (Å²) in [4.78, 5) is 15.5. The molecule has 0 amide bonds. The zero-order valence-corrected chi connectivity index (χ0v) is 17.9. The van der Waals surface area contributed by atoms with Crippen LogP contribution in [0.4, 0.5) is 0 Å². The topological polar surface area (TPSA) is 62.7 Å². The van der Waals surface area contributed by atoms with Gasteiger partial charge in [-0.3, -0.25) is 9.79 Å². The van der Waals surface area contributed by atoms with Crippen molar-refractivity contribution in [3.63, 3.8) is 0 Å². The molecule has 5 nitrogen and oxygen atoms in total. The molecule has 1 aromatic carbocycles. The van der Waals surface area contributed by atoms with Crippen molar-refractivity contribution in [2.45, 2.75) is 19.8 Å². The number of ether oxygens (including phenoxy) is 1. The molecule has 0 aliphatic rings. The molecule has 1 rings (SSSR count). The molecule has 0 saturated carbocycles. The molecular formula is C16H24Cl2IN3O2. The lowest BCUT2D eigenvalue weighted by atomic mass is 10.1. The fourth-order valence-electron chi connectivity index (χ4n) is 1.96. The summed E-state index contributed by atoms with van der Waals surface area (Å²) in [6.07, 6.45) is 1.74. The number of guanidine groups is 1. The van der Waals surface area contributed by atoms with Crippen LogP contribution in [-0.2, 0) is 16.0 Å². The Morgan fingerprint density at radius 3 is 2.62 bits per heavy atom. The smallest absolute Gasteiger partial charge is 0.310 e. The monoisotopic (exact) mass is 487 g/mol. The molecule has 8 heteroatoms. The summed E-state index contributed by atoms with van der Waals surface area (Å²) in [5, 5.41) is 7.62. The van der Waals surface area contributed by atoms with E-state index >= 15 is 0 Å². The predicted octanol–water partition coefficient (Wildman–Crippen LogP) is 3.52. The summed E-state index contributed by atoms with van der Waals surface area (Å²) in [6, 6.07) is 5.53. The van der Waals surface area contributed by atoms with E-state index in [1.807, 2.05) is 12.1 Å². The molecule has 0 radical (unpaired) electrons. The van der Waals surface area contributed by atoms with Gasteiger partial charge in [-0.15, -0.1) is 24.0 Å². The zero-order valence-electron chi connectivity index (χ0n) is 14.1. The van der Waals surface area contributed by atoms with Crippen molar-refractivity contribution in [1.29, 1.82) is 0 Å². The third kappa shape index (κ3) is 8.39. The maximum Gasteiger partial charge on any atom is 0.310 e. The van der Waals surface area contributed by atoms with E-state index in [1.165, 1.54) is 7.11 Å². The van der Waals surface area contributed by atoms with Crippen molar-refractivity contribution < 1.29 is 9.53 Å². The van der Waals surface area contributed by atoms with Gasteiger partial charge in [0.05, 0.1) is 13.0 Å². The van der Waals surface area contributed by atoms with Crippen molar-refractivity contribution in [1.82, 2.24) is 10.6 Å². The number of esters is 1. The van der Waals surface area contributed by atoms with Gasteiger partial charge in [0.15, 0.2) is 5.96 Å². The van der Waals surface area contributed by atoms with Crippen molar-refractivity contribution in [2.24, 2.45) is 10.9 Å². The molecule has 1 atom stereocenters. The van der Waals surface area contributed by atoms with Crippen molar-refractivity contribution in [2.75, 3.05) is 27.2 Å². The Hall–Kier alpha value is -0.730. The van der Waals surface area contributed by atoms with Crippen LogP contribution < -0.4 is 10.6 Å². The van der Waals surface area contributed by atoms with E-state index in [4.69, 9.17) is 23.2 Å². The Morgan fingerprint density at radius 2 is 2.04 bits per heavy atom. The minimum atomic E-state index is -0.245. The summed E-state index contributed by atoms with van der Waals surface area (Å²) >= 11 is 12.0. The van der Waals surface area contributed by atoms with Gasteiger partial charge in [-0.1, -0.05) is 36.2 Å². The standard InChI is InChI=1S/C16H23Cl2N3O2.HI/c1-11(15(22)23-3)10-21-16(19-2)20-8-4-5-12-6-7-13(17)9-14(12)18;/h6-7,9,11H,4-5,8,10H2,1-3H3,(H2,19,20,21);1H. The SMILES string of the molecule is CN=C(NCCCc1ccc(Cl)cc1Cl)NCC(C)C(=O)OC.I. The van der Waals surface area contributed by atoms with E-state index in [1.54, 1.807) is 20.0 Å². The van der Waals surface area contributed by atoms with Crippen LogP contribution in [0.2, 0.25) is 10.0 Å². The maximum absolute atomic E-state index is 11.3. The largest absolute Gasteiger partial charge is 0.469 e. The number of rotatable bonds is 7. The molecule has 1 unspecified atom stereocenters. The van der Waals surface area contributed by atoms with E-state index in [2.05, 4.69) is 20.4 Å². The van der Waals surface area contributed by atoms with Gasteiger partial charge in [-0.05, 0) is 30.5 Å². The van der Waals surface area contributed by atoms with E-state index in [0.29, 0.717) is 22.5 Å². The van der Waals surface area contributed by atoms with Crippen LogP contribution in [0.1, 0.15) is 18.9 Å². The highest BCUT2D eigenvalue weighted by Crippen LogP contribution is 2.21. The van der Waals surface area contributed by atoms with Crippen LogP contribution in [0.25, 0.3) is 0 Å².